The first-order chi connectivity index (χ1) is 6.79. The van der Waals surface area contributed by atoms with Crippen molar-refractivity contribution in [1.82, 2.24) is 5.32 Å². The summed E-state index contributed by atoms with van der Waals surface area (Å²) in [6, 6.07) is 0.878. The molecule has 4 unspecified atom stereocenters. The molecule has 14 heavy (non-hydrogen) atoms. The largest absolute Gasteiger partial charge is 0.314 e. The molecule has 2 aliphatic carbocycles. The van der Waals surface area contributed by atoms with E-state index in [1.807, 2.05) is 11.8 Å². The van der Waals surface area contributed by atoms with E-state index < -0.39 is 0 Å². The van der Waals surface area contributed by atoms with Crippen LogP contribution in [0.3, 0.4) is 0 Å². The Morgan fingerprint density at radius 3 is 2.79 bits per heavy atom. The predicted octanol–water partition coefficient (Wildman–Crippen LogP) is 2.91. The van der Waals surface area contributed by atoms with Gasteiger partial charge in [0, 0.05) is 11.3 Å². The SMILES string of the molecule is CSC(C)CCNC1CC2CCC1C2. The van der Waals surface area contributed by atoms with Gasteiger partial charge in [0.25, 0.3) is 0 Å². The van der Waals surface area contributed by atoms with Crippen LogP contribution in [0.2, 0.25) is 0 Å². The fraction of sp³-hybridized carbons (Fsp3) is 1.00. The molecule has 1 N–H and O–H groups in total. The van der Waals surface area contributed by atoms with Gasteiger partial charge in [0.2, 0.25) is 0 Å². The minimum absolute atomic E-state index is 0.820. The van der Waals surface area contributed by atoms with Crippen LogP contribution in [0.15, 0.2) is 0 Å². The van der Waals surface area contributed by atoms with Gasteiger partial charge in [-0.3, -0.25) is 0 Å². The van der Waals surface area contributed by atoms with Crippen LogP contribution in [-0.4, -0.2) is 24.1 Å². The minimum atomic E-state index is 0.820. The van der Waals surface area contributed by atoms with Crippen molar-refractivity contribution in [3.8, 4) is 0 Å². The molecule has 2 bridgehead atoms. The van der Waals surface area contributed by atoms with Gasteiger partial charge in [-0.1, -0.05) is 13.3 Å². The second kappa shape index (κ2) is 4.89. The van der Waals surface area contributed by atoms with Crippen molar-refractivity contribution >= 4 is 11.8 Å². The zero-order chi connectivity index (χ0) is 9.97. The Morgan fingerprint density at radius 2 is 2.21 bits per heavy atom. The summed E-state index contributed by atoms with van der Waals surface area (Å²) in [5.74, 6) is 2.11. The summed E-state index contributed by atoms with van der Waals surface area (Å²) in [5.41, 5.74) is 0. The van der Waals surface area contributed by atoms with E-state index in [1.165, 1.54) is 38.6 Å². The fourth-order valence-corrected chi connectivity index (χ4v) is 3.44. The lowest BCUT2D eigenvalue weighted by Gasteiger charge is -2.23. The first kappa shape index (κ1) is 10.8. The van der Waals surface area contributed by atoms with Gasteiger partial charge in [0.05, 0.1) is 0 Å². The number of fused-ring (bicyclic) bond motifs is 2. The zero-order valence-corrected chi connectivity index (χ0v) is 10.3. The summed E-state index contributed by atoms with van der Waals surface area (Å²) in [6.07, 6.45) is 9.55. The molecule has 0 aromatic rings. The van der Waals surface area contributed by atoms with Gasteiger partial charge in [-0.15, -0.1) is 0 Å². The Bertz CT molecular complexity index is 183. The predicted molar refractivity (Wildman–Crippen MR) is 64.8 cm³/mol. The van der Waals surface area contributed by atoms with Crippen molar-refractivity contribution in [2.45, 2.75) is 50.3 Å². The molecule has 2 rings (SSSR count). The molecule has 0 saturated heterocycles. The third kappa shape index (κ3) is 2.46. The molecule has 2 saturated carbocycles. The van der Waals surface area contributed by atoms with E-state index in [0.29, 0.717) is 0 Å². The lowest BCUT2D eigenvalue weighted by molar-refractivity contribution is 0.351. The zero-order valence-electron chi connectivity index (χ0n) is 9.46. The van der Waals surface area contributed by atoms with E-state index in [2.05, 4.69) is 18.5 Å². The molecule has 0 aliphatic heterocycles. The van der Waals surface area contributed by atoms with Gasteiger partial charge in [0.1, 0.15) is 0 Å². The van der Waals surface area contributed by atoms with E-state index in [4.69, 9.17) is 0 Å². The molecule has 0 aromatic carbocycles. The van der Waals surface area contributed by atoms with E-state index >= 15 is 0 Å². The van der Waals surface area contributed by atoms with E-state index in [1.54, 1.807) is 0 Å². The minimum Gasteiger partial charge on any atom is -0.314 e. The van der Waals surface area contributed by atoms with Gasteiger partial charge in [0.15, 0.2) is 0 Å². The number of hydrogen-bond acceptors (Lipinski definition) is 2. The molecule has 82 valence electrons. The Balaban J connectivity index is 1.62. The van der Waals surface area contributed by atoms with Crippen molar-refractivity contribution in [2.24, 2.45) is 11.8 Å². The second-order valence-corrected chi connectivity index (χ2v) is 6.35. The number of rotatable bonds is 5. The second-order valence-electron chi connectivity index (χ2n) is 5.07. The fourth-order valence-electron chi connectivity index (χ4n) is 3.08. The van der Waals surface area contributed by atoms with Crippen molar-refractivity contribution < 1.29 is 0 Å². The molecular weight excluding hydrogens is 190 g/mol. The number of nitrogens with one attached hydrogen (secondary N) is 1. The lowest BCUT2D eigenvalue weighted by Crippen LogP contribution is -2.35. The van der Waals surface area contributed by atoms with Crippen molar-refractivity contribution in [1.29, 1.82) is 0 Å². The number of hydrogen-bond donors (Lipinski definition) is 1. The van der Waals surface area contributed by atoms with Crippen LogP contribution in [-0.2, 0) is 0 Å². The van der Waals surface area contributed by atoms with Gasteiger partial charge in [-0.25, -0.2) is 0 Å². The Labute approximate surface area is 92.4 Å². The van der Waals surface area contributed by atoms with Gasteiger partial charge < -0.3 is 5.32 Å². The first-order valence-electron chi connectivity index (χ1n) is 6.05. The molecule has 1 nitrogen and oxygen atoms in total. The maximum absolute atomic E-state index is 3.76. The molecule has 0 heterocycles. The highest BCUT2D eigenvalue weighted by atomic mass is 32.2. The molecule has 0 spiro atoms. The van der Waals surface area contributed by atoms with Crippen LogP contribution in [0.4, 0.5) is 0 Å². The molecule has 2 heteroatoms. The molecule has 0 amide bonds. The van der Waals surface area contributed by atoms with E-state index in [0.717, 1.165) is 23.1 Å². The maximum Gasteiger partial charge on any atom is 0.00980 e. The average molecular weight is 213 g/mol. The van der Waals surface area contributed by atoms with Crippen LogP contribution in [0.1, 0.15) is 39.0 Å². The molecule has 0 radical (unpaired) electrons. The first-order valence-corrected chi connectivity index (χ1v) is 7.34. The molecule has 4 atom stereocenters. The normalized spacial score (nSPS) is 37.7. The summed E-state index contributed by atoms with van der Waals surface area (Å²) in [7, 11) is 0. The third-order valence-electron chi connectivity index (χ3n) is 4.10. The Morgan fingerprint density at radius 1 is 1.36 bits per heavy atom. The number of thioether (sulfide) groups is 1. The highest BCUT2D eigenvalue weighted by molar-refractivity contribution is 7.99. The molecular formula is C12H23NS. The van der Waals surface area contributed by atoms with E-state index in [9.17, 15) is 0 Å². The average Bonchev–Trinajstić information content (AvgIpc) is 2.79. The highest BCUT2D eigenvalue weighted by Gasteiger charge is 2.38. The summed E-state index contributed by atoms with van der Waals surface area (Å²) >= 11 is 1.98. The van der Waals surface area contributed by atoms with Gasteiger partial charge in [-0.05, 0) is 50.3 Å². The van der Waals surface area contributed by atoms with E-state index in [-0.39, 0.29) is 0 Å². The van der Waals surface area contributed by atoms with Crippen LogP contribution in [0.25, 0.3) is 0 Å². The summed E-state index contributed by atoms with van der Waals surface area (Å²) in [6.45, 7) is 3.56. The standard InChI is InChI=1S/C12H23NS/c1-9(14-2)5-6-13-12-8-10-3-4-11(12)7-10/h9-13H,3-8H2,1-2H3. The Hall–Kier alpha value is 0.310. The molecule has 2 fully saturated rings. The van der Waals surface area contributed by atoms with Crippen molar-refractivity contribution in [3.05, 3.63) is 0 Å². The van der Waals surface area contributed by atoms with Crippen molar-refractivity contribution in [3.63, 3.8) is 0 Å². The Kier molecular flexibility index (Phi) is 3.78. The van der Waals surface area contributed by atoms with Crippen molar-refractivity contribution in [2.75, 3.05) is 12.8 Å². The monoisotopic (exact) mass is 213 g/mol. The summed E-state index contributed by atoms with van der Waals surface area (Å²) in [4.78, 5) is 0. The lowest BCUT2D eigenvalue weighted by atomic mass is 9.95. The van der Waals surface area contributed by atoms with Crippen LogP contribution in [0.5, 0.6) is 0 Å². The smallest absolute Gasteiger partial charge is 0.00980 e. The van der Waals surface area contributed by atoms with Gasteiger partial charge >= 0.3 is 0 Å². The topological polar surface area (TPSA) is 12.0 Å². The quantitative estimate of drug-likeness (QED) is 0.753. The summed E-state index contributed by atoms with van der Waals surface area (Å²) < 4.78 is 0. The molecule has 2 aliphatic rings. The van der Waals surface area contributed by atoms with Crippen LogP contribution >= 0.6 is 11.8 Å². The third-order valence-corrected chi connectivity index (χ3v) is 5.14. The van der Waals surface area contributed by atoms with Gasteiger partial charge in [-0.2, -0.15) is 11.8 Å². The highest BCUT2D eigenvalue weighted by Crippen LogP contribution is 2.44. The molecule has 0 aromatic heterocycles. The van der Waals surface area contributed by atoms with Crippen LogP contribution in [0, 0.1) is 11.8 Å². The summed E-state index contributed by atoms with van der Waals surface area (Å²) in [5, 5.41) is 4.59. The van der Waals surface area contributed by atoms with Crippen LogP contribution < -0.4 is 5.32 Å². The maximum atomic E-state index is 3.76.